The van der Waals surface area contributed by atoms with E-state index in [0.717, 1.165) is 30.5 Å². The minimum atomic E-state index is -4.98. The number of rotatable bonds is 7. The van der Waals surface area contributed by atoms with Crippen LogP contribution in [0.25, 0.3) is 0 Å². The second-order valence-corrected chi connectivity index (χ2v) is 9.03. The summed E-state index contributed by atoms with van der Waals surface area (Å²) in [5, 5.41) is 0. The minimum Gasteiger partial charge on any atom is -0.406 e. The summed E-state index contributed by atoms with van der Waals surface area (Å²) >= 11 is 0. The Morgan fingerprint density at radius 1 is 0.963 bits per heavy atom. The lowest BCUT2D eigenvalue weighted by Crippen LogP contribution is -2.29. The van der Waals surface area contributed by atoms with Crippen molar-refractivity contribution in [2.75, 3.05) is 6.26 Å². The monoisotopic (exact) mass is 425 g/mol. The average molecular weight is 425 g/mol. The third-order valence-corrected chi connectivity index (χ3v) is 5.43. The lowest BCUT2D eigenvalue weighted by Gasteiger charge is -2.18. The summed E-state index contributed by atoms with van der Waals surface area (Å²) in [4.78, 5) is 6.32. The van der Waals surface area contributed by atoms with E-state index in [1.165, 1.54) is 24.3 Å². The molecule has 0 aliphatic rings. The summed E-state index contributed by atoms with van der Waals surface area (Å²) in [7, 11) is -8.28. The summed E-state index contributed by atoms with van der Waals surface area (Å²) in [5.74, 6) is -0.678. The molecule has 27 heavy (non-hydrogen) atoms. The maximum absolute atomic E-state index is 12.3. The highest BCUT2D eigenvalue weighted by Crippen LogP contribution is 2.29. The van der Waals surface area contributed by atoms with Crippen LogP contribution >= 0.6 is 0 Å². The van der Waals surface area contributed by atoms with Crippen LogP contribution in [0.5, 0.6) is 5.75 Å². The van der Waals surface area contributed by atoms with Gasteiger partial charge in [0, 0.05) is 11.8 Å². The largest absolute Gasteiger partial charge is 0.573 e. The molecular weight excluding hydrogens is 411 g/mol. The molecule has 1 unspecified atom stereocenters. The van der Waals surface area contributed by atoms with Crippen LogP contribution in [0.1, 0.15) is 11.0 Å². The number of sulfone groups is 1. The summed E-state index contributed by atoms with van der Waals surface area (Å²) < 4.78 is 88.9. The third-order valence-electron chi connectivity index (χ3n) is 3.07. The predicted octanol–water partition coefficient (Wildman–Crippen LogP) is 2.54. The van der Waals surface area contributed by atoms with E-state index in [-0.39, 0.29) is 10.5 Å². The van der Waals surface area contributed by atoms with Crippen LogP contribution in [0.3, 0.4) is 0 Å². The zero-order valence-corrected chi connectivity index (χ0v) is 15.3. The van der Waals surface area contributed by atoms with Crippen molar-refractivity contribution in [3.8, 4) is 5.75 Å². The molecule has 2 aromatic carbocycles. The Bertz CT molecular complexity index is 992. The molecule has 148 valence electrons. The van der Waals surface area contributed by atoms with Gasteiger partial charge in [-0.1, -0.05) is 35.2 Å². The van der Waals surface area contributed by atoms with E-state index in [0.29, 0.717) is 0 Å². The fourth-order valence-corrected chi connectivity index (χ4v) is 3.78. The Labute approximate surface area is 153 Å². The molecule has 0 radical (unpaired) electrons. The van der Waals surface area contributed by atoms with E-state index in [2.05, 4.69) is 4.74 Å². The van der Waals surface area contributed by atoms with Gasteiger partial charge >= 0.3 is 6.36 Å². The van der Waals surface area contributed by atoms with Crippen LogP contribution in [0.2, 0.25) is 0 Å². The molecule has 12 heteroatoms. The van der Waals surface area contributed by atoms with Crippen molar-refractivity contribution in [3.05, 3.63) is 60.2 Å². The number of ether oxygens (including phenoxy) is 1. The zero-order chi connectivity index (χ0) is 20.3. The molecule has 7 nitrogen and oxygen atoms in total. The number of hydrogen-bond donors (Lipinski definition) is 1. The second-order valence-electron chi connectivity index (χ2n) is 5.30. The van der Waals surface area contributed by atoms with Gasteiger partial charge < -0.3 is 4.74 Å². The van der Waals surface area contributed by atoms with Gasteiger partial charge in [-0.05, 0) is 24.3 Å². The first-order valence-corrected chi connectivity index (χ1v) is 10.6. The predicted molar refractivity (Wildman–Crippen MR) is 88.6 cm³/mol. The van der Waals surface area contributed by atoms with Crippen LogP contribution in [-0.4, -0.2) is 29.5 Å². The van der Waals surface area contributed by atoms with Crippen LogP contribution in [0, 0.1) is 0 Å². The maximum Gasteiger partial charge on any atom is 0.573 e. The highest BCUT2D eigenvalue weighted by molar-refractivity contribution is 7.91. The minimum absolute atomic E-state index is 0.189. The van der Waals surface area contributed by atoms with Crippen LogP contribution in [0.4, 0.5) is 13.2 Å². The van der Waals surface area contributed by atoms with E-state index >= 15 is 0 Å². The van der Waals surface area contributed by atoms with E-state index in [4.69, 9.17) is 4.84 Å². The van der Waals surface area contributed by atoms with Crippen LogP contribution in [-0.2, 0) is 24.7 Å². The smallest absolute Gasteiger partial charge is 0.406 e. The summed E-state index contributed by atoms with van der Waals surface area (Å²) in [6.45, 7) is 0. The number of nitrogens with one attached hydrogen (secondary N) is 1. The molecule has 0 bridgehead atoms. The Balaban J connectivity index is 2.29. The molecule has 0 fully saturated rings. The van der Waals surface area contributed by atoms with E-state index in [9.17, 15) is 30.0 Å². The molecular formula is C15H14F3NO6S2. The lowest BCUT2D eigenvalue weighted by molar-refractivity contribution is -0.274. The van der Waals surface area contributed by atoms with E-state index in [1.54, 1.807) is 11.0 Å². The van der Waals surface area contributed by atoms with Gasteiger partial charge in [-0.2, -0.15) is 0 Å². The van der Waals surface area contributed by atoms with Crippen molar-refractivity contribution in [1.82, 2.24) is 4.89 Å². The van der Waals surface area contributed by atoms with Gasteiger partial charge in [-0.25, -0.2) is 16.8 Å². The number of halogens is 3. The standard InChI is InChI=1S/C15H14F3NO6S2/c1-26(20,21)14(11-6-5-7-12(10-11)24-15(16,17)18)25-19-27(22,23)13-8-3-2-4-9-13/h2-10,14,19H,1H3. The molecule has 2 rings (SSSR count). The molecule has 0 saturated carbocycles. The molecule has 0 spiro atoms. The number of alkyl halides is 3. The van der Waals surface area contributed by atoms with Crippen LogP contribution < -0.4 is 9.62 Å². The second kappa shape index (κ2) is 7.84. The van der Waals surface area contributed by atoms with Crippen molar-refractivity contribution < 1.29 is 39.6 Å². The van der Waals surface area contributed by atoms with Crippen molar-refractivity contribution in [1.29, 1.82) is 0 Å². The number of sulfonamides is 1. The molecule has 0 aliphatic carbocycles. The van der Waals surface area contributed by atoms with Gasteiger partial charge in [-0.15, -0.1) is 13.2 Å². The molecule has 0 saturated heterocycles. The Morgan fingerprint density at radius 3 is 2.15 bits per heavy atom. The average Bonchev–Trinajstić information content (AvgIpc) is 2.53. The summed E-state index contributed by atoms with van der Waals surface area (Å²) in [5.41, 5.74) is -2.15. The molecule has 1 N–H and O–H groups in total. The van der Waals surface area contributed by atoms with Gasteiger partial charge in [-0.3, -0.25) is 4.84 Å². The normalized spacial score (nSPS) is 13.9. The van der Waals surface area contributed by atoms with Crippen molar-refractivity contribution in [3.63, 3.8) is 0 Å². The highest BCUT2D eigenvalue weighted by atomic mass is 32.2. The Hall–Kier alpha value is -2.15. The maximum atomic E-state index is 12.3. The molecule has 2 aromatic rings. The Kier molecular flexibility index (Phi) is 6.14. The summed E-state index contributed by atoms with van der Waals surface area (Å²) in [6.07, 6.45) is -4.24. The first kappa shape index (κ1) is 21.2. The van der Waals surface area contributed by atoms with Crippen molar-refractivity contribution in [2.45, 2.75) is 16.7 Å². The zero-order valence-electron chi connectivity index (χ0n) is 13.7. The third kappa shape index (κ3) is 6.20. The van der Waals surface area contributed by atoms with E-state index < -0.39 is 37.4 Å². The van der Waals surface area contributed by atoms with Crippen LogP contribution in [0.15, 0.2) is 59.5 Å². The van der Waals surface area contributed by atoms with Crippen molar-refractivity contribution >= 4 is 19.9 Å². The fourth-order valence-electron chi connectivity index (χ4n) is 2.02. The molecule has 0 amide bonds. The van der Waals surface area contributed by atoms with Crippen molar-refractivity contribution in [2.24, 2.45) is 0 Å². The molecule has 1 atom stereocenters. The first-order valence-electron chi connectivity index (χ1n) is 7.15. The number of hydrogen-bond acceptors (Lipinski definition) is 6. The van der Waals surface area contributed by atoms with Gasteiger partial charge in [0.25, 0.3) is 10.0 Å². The van der Waals surface area contributed by atoms with Gasteiger partial charge in [0.2, 0.25) is 5.44 Å². The first-order chi connectivity index (χ1) is 12.4. The lowest BCUT2D eigenvalue weighted by atomic mass is 10.2. The Morgan fingerprint density at radius 2 is 1.59 bits per heavy atom. The molecule has 0 aromatic heterocycles. The molecule has 0 aliphatic heterocycles. The quantitative estimate of drug-likeness (QED) is 0.685. The van der Waals surface area contributed by atoms with Gasteiger partial charge in [0.1, 0.15) is 5.75 Å². The van der Waals surface area contributed by atoms with Gasteiger partial charge in [0.05, 0.1) is 4.90 Å². The number of benzene rings is 2. The SMILES string of the molecule is CS(=O)(=O)C(ONS(=O)(=O)c1ccccc1)c1cccc(OC(F)(F)F)c1. The summed E-state index contributed by atoms with van der Waals surface area (Å²) in [6, 6.07) is 11.0. The van der Waals surface area contributed by atoms with Gasteiger partial charge in [0.15, 0.2) is 9.84 Å². The highest BCUT2D eigenvalue weighted by Gasteiger charge is 2.32. The fraction of sp³-hybridized carbons (Fsp3) is 0.200. The molecule has 0 heterocycles. The topological polar surface area (TPSA) is 98.8 Å². The van der Waals surface area contributed by atoms with E-state index in [1.807, 2.05) is 0 Å².